The molecule has 0 aliphatic carbocycles. The number of benzene rings is 1. The Labute approximate surface area is 127 Å². The highest BCUT2D eigenvalue weighted by molar-refractivity contribution is 5.87. The Morgan fingerprint density at radius 3 is 2.73 bits per heavy atom. The zero-order chi connectivity index (χ0) is 15.7. The van der Waals surface area contributed by atoms with Crippen molar-refractivity contribution in [3.8, 4) is 0 Å². The Hall–Kier alpha value is -2.69. The molecule has 5 nitrogen and oxygen atoms in total. The highest BCUT2D eigenvalue weighted by Gasteiger charge is 2.17. The fourth-order valence-corrected chi connectivity index (χ4v) is 2.46. The number of aromatic nitrogens is 2. The normalized spacial score (nSPS) is 11.0. The van der Waals surface area contributed by atoms with Gasteiger partial charge in [0.15, 0.2) is 11.2 Å². The summed E-state index contributed by atoms with van der Waals surface area (Å²) in [5.74, 6) is -0.979. The van der Waals surface area contributed by atoms with Gasteiger partial charge in [0.2, 0.25) is 5.91 Å². The quantitative estimate of drug-likeness (QED) is 0.745. The third-order valence-corrected chi connectivity index (χ3v) is 3.69. The number of pyridine rings is 1. The van der Waals surface area contributed by atoms with Gasteiger partial charge in [0.1, 0.15) is 0 Å². The minimum Gasteiger partial charge on any atom is -0.406 e. The van der Waals surface area contributed by atoms with Gasteiger partial charge in [0.25, 0.3) is 0 Å². The Balaban J connectivity index is 1.90. The zero-order valence-electron chi connectivity index (χ0n) is 12.5. The van der Waals surface area contributed by atoms with E-state index in [1.54, 1.807) is 19.1 Å². The van der Waals surface area contributed by atoms with Gasteiger partial charge in [-0.05, 0) is 43.5 Å². The van der Waals surface area contributed by atoms with Gasteiger partial charge in [-0.15, -0.1) is 0 Å². The predicted octanol–water partition coefficient (Wildman–Crippen LogP) is 2.88. The molecule has 2 aromatic heterocycles. The smallest absolute Gasteiger partial charge is 0.406 e. The molecule has 0 aliphatic heterocycles. The van der Waals surface area contributed by atoms with Crippen LogP contribution >= 0.6 is 0 Å². The van der Waals surface area contributed by atoms with Crippen molar-refractivity contribution in [3.63, 3.8) is 0 Å². The molecule has 0 N–H and O–H groups in total. The average Bonchev–Trinajstić information content (AvgIpc) is 2.81. The van der Waals surface area contributed by atoms with E-state index in [0.29, 0.717) is 17.7 Å². The van der Waals surface area contributed by atoms with E-state index in [9.17, 15) is 9.59 Å². The lowest BCUT2D eigenvalue weighted by Crippen LogP contribution is -2.23. The van der Waals surface area contributed by atoms with Crippen LogP contribution in [-0.4, -0.2) is 15.5 Å². The molecule has 3 rings (SSSR count). The fourth-order valence-electron chi connectivity index (χ4n) is 2.46. The van der Waals surface area contributed by atoms with Crippen molar-refractivity contribution >= 4 is 17.1 Å². The molecule has 0 radical (unpaired) electrons. The van der Waals surface area contributed by atoms with Crippen LogP contribution in [0, 0.1) is 13.8 Å². The maximum atomic E-state index is 12.4. The van der Waals surface area contributed by atoms with Gasteiger partial charge in [-0.2, -0.15) is 4.57 Å². The number of carbonyl (C=O) groups excluding carboxylic acids is 1. The summed E-state index contributed by atoms with van der Waals surface area (Å²) in [6, 6.07) is 11.3. The van der Waals surface area contributed by atoms with Gasteiger partial charge < -0.3 is 4.42 Å². The van der Waals surface area contributed by atoms with Crippen LogP contribution in [0.4, 0.5) is 0 Å². The highest BCUT2D eigenvalue weighted by atomic mass is 16.4. The molecule has 0 amide bonds. The van der Waals surface area contributed by atoms with Gasteiger partial charge in [-0.1, -0.05) is 24.3 Å². The van der Waals surface area contributed by atoms with E-state index in [2.05, 4.69) is 4.98 Å². The van der Waals surface area contributed by atoms with Gasteiger partial charge >= 0.3 is 5.76 Å². The molecule has 0 bridgehead atoms. The van der Waals surface area contributed by atoms with E-state index in [1.807, 2.05) is 31.2 Å². The molecule has 0 unspecified atom stereocenters. The minimum atomic E-state index is -0.678. The number of fused-ring (bicyclic) bond motifs is 1. The van der Waals surface area contributed by atoms with Crippen molar-refractivity contribution < 1.29 is 9.21 Å². The summed E-state index contributed by atoms with van der Waals surface area (Å²) in [6.07, 6.45) is 0.811. The molecule has 0 aliphatic rings. The topological polar surface area (TPSA) is 65.1 Å². The van der Waals surface area contributed by atoms with Gasteiger partial charge in [-0.25, -0.2) is 9.78 Å². The van der Waals surface area contributed by atoms with Crippen LogP contribution in [0.25, 0.3) is 11.2 Å². The predicted molar refractivity (Wildman–Crippen MR) is 83.1 cm³/mol. The SMILES string of the molecule is Cc1ccc2oc(=O)n(C(=O)CCc3ccccc3C)c2n1. The van der Waals surface area contributed by atoms with E-state index in [4.69, 9.17) is 4.42 Å². The number of carbonyl (C=O) groups is 1. The fraction of sp³-hybridized carbons (Fsp3) is 0.235. The minimum absolute atomic E-state index is 0.231. The third-order valence-electron chi connectivity index (χ3n) is 3.69. The summed E-state index contributed by atoms with van der Waals surface area (Å²) in [5.41, 5.74) is 3.59. The van der Waals surface area contributed by atoms with E-state index in [1.165, 1.54) is 0 Å². The molecule has 3 aromatic rings. The maximum absolute atomic E-state index is 12.4. The van der Waals surface area contributed by atoms with E-state index in [-0.39, 0.29) is 12.3 Å². The Kier molecular flexibility index (Phi) is 3.63. The van der Waals surface area contributed by atoms with Gasteiger partial charge in [0, 0.05) is 12.1 Å². The van der Waals surface area contributed by atoms with Crippen LogP contribution in [0.1, 0.15) is 28.0 Å². The molecule has 0 spiro atoms. The van der Waals surface area contributed by atoms with Crippen LogP contribution in [0.3, 0.4) is 0 Å². The first-order valence-corrected chi connectivity index (χ1v) is 7.13. The van der Waals surface area contributed by atoms with Crippen LogP contribution < -0.4 is 5.76 Å². The molecule has 0 atom stereocenters. The van der Waals surface area contributed by atoms with Crippen molar-refractivity contribution in [1.29, 1.82) is 0 Å². The van der Waals surface area contributed by atoms with Crippen molar-refractivity contribution in [2.24, 2.45) is 0 Å². The van der Waals surface area contributed by atoms with Crippen LogP contribution in [0.5, 0.6) is 0 Å². The molecule has 5 heteroatoms. The summed E-state index contributed by atoms with van der Waals surface area (Å²) in [6.45, 7) is 3.81. The second-order valence-electron chi connectivity index (χ2n) is 5.30. The average molecular weight is 296 g/mol. The second kappa shape index (κ2) is 5.60. The molecule has 0 saturated heterocycles. The molecular weight excluding hydrogens is 280 g/mol. The van der Waals surface area contributed by atoms with Crippen LogP contribution in [0.15, 0.2) is 45.6 Å². The highest BCUT2D eigenvalue weighted by Crippen LogP contribution is 2.13. The molecule has 112 valence electrons. The zero-order valence-corrected chi connectivity index (χ0v) is 12.5. The first-order valence-electron chi connectivity index (χ1n) is 7.13. The number of aryl methyl sites for hydroxylation is 3. The third kappa shape index (κ3) is 2.57. The lowest BCUT2D eigenvalue weighted by atomic mass is 10.0. The standard InChI is InChI=1S/C17H16N2O3/c1-11-5-3-4-6-13(11)8-10-15(20)19-16-14(22-17(19)21)9-7-12(2)18-16/h3-7,9H,8,10H2,1-2H3. The molecule has 1 aromatic carbocycles. The monoisotopic (exact) mass is 296 g/mol. The summed E-state index contributed by atoms with van der Waals surface area (Å²) >= 11 is 0. The lowest BCUT2D eigenvalue weighted by Gasteiger charge is -2.05. The Bertz CT molecular complexity index is 906. The van der Waals surface area contributed by atoms with Crippen LogP contribution in [0.2, 0.25) is 0 Å². The summed E-state index contributed by atoms with van der Waals surface area (Å²) in [7, 11) is 0. The van der Waals surface area contributed by atoms with Crippen molar-refractivity contribution in [1.82, 2.24) is 9.55 Å². The van der Waals surface area contributed by atoms with Gasteiger partial charge in [-0.3, -0.25) is 4.79 Å². The largest absolute Gasteiger partial charge is 0.428 e. The van der Waals surface area contributed by atoms with E-state index in [0.717, 1.165) is 21.4 Å². The second-order valence-corrected chi connectivity index (χ2v) is 5.30. The first-order chi connectivity index (χ1) is 10.6. The summed E-state index contributed by atoms with van der Waals surface area (Å²) in [5, 5.41) is 0. The summed E-state index contributed by atoms with van der Waals surface area (Å²) in [4.78, 5) is 28.5. The number of hydrogen-bond acceptors (Lipinski definition) is 4. The number of hydrogen-bond donors (Lipinski definition) is 0. The molecule has 0 fully saturated rings. The maximum Gasteiger partial charge on any atom is 0.428 e. The molecule has 2 heterocycles. The van der Waals surface area contributed by atoms with Gasteiger partial charge in [0.05, 0.1) is 0 Å². The summed E-state index contributed by atoms with van der Waals surface area (Å²) < 4.78 is 6.10. The van der Waals surface area contributed by atoms with Crippen LogP contribution in [-0.2, 0) is 6.42 Å². The van der Waals surface area contributed by atoms with Crippen molar-refractivity contribution in [2.45, 2.75) is 26.7 Å². The number of oxazole rings is 1. The molecule has 22 heavy (non-hydrogen) atoms. The first kappa shape index (κ1) is 14.3. The number of nitrogens with zero attached hydrogens (tertiary/aromatic N) is 2. The van der Waals surface area contributed by atoms with Crippen molar-refractivity contribution in [3.05, 3.63) is 63.8 Å². The van der Waals surface area contributed by atoms with E-state index >= 15 is 0 Å². The lowest BCUT2D eigenvalue weighted by molar-refractivity contribution is 0.0899. The molecular formula is C17H16N2O3. The number of rotatable bonds is 3. The van der Waals surface area contributed by atoms with E-state index < -0.39 is 5.76 Å². The Morgan fingerprint density at radius 2 is 1.95 bits per heavy atom. The molecule has 0 saturated carbocycles. The Morgan fingerprint density at radius 1 is 1.18 bits per heavy atom. The van der Waals surface area contributed by atoms with Crippen molar-refractivity contribution in [2.75, 3.05) is 0 Å².